The molecule has 0 bridgehead atoms. The maximum Gasteiger partial charge on any atom is 0.244 e. The van der Waals surface area contributed by atoms with Gasteiger partial charge in [0.25, 0.3) is 0 Å². The molecule has 182 valence electrons. The van der Waals surface area contributed by atoms with Crippen LogP contribution >= 0.6 is 15.9 Å². The average molecular weight is 549 g/mol. The second-order valence-corrected chi connectivity index (χ2v) is 11.7. The van der Waals surface area contributed by atoms with E-state index in [-0.39, 0.29) is 36.2 Å². The Morgan fingerprint density at radius 1 is 1.06 bits per heavy atom. The minimum absolute atomic E-state index is 0.0377. The van der Waals surface area contributed by atoms with Gasteiger partial charge in [-0.1, -0.05) is 44.2 Å². The first-order valence-electron chi connectivity index (χ1n) is 11.7. The molecule has 34 heavy (non-hydrogen) atoms. The number of hydrogen-bond acceptors (Lipinski definition) is 4. The van der Waals surface area contributed by atoms with Crippen molar-refractivity contribution in [1.82, 2.24) is 9.21 Å². The standard InChI is InChI=1S/C25H30BrN3O4S/c1-3-18(2)20-8-4-6-10-22(20)29-17-19(16-24(29)30)25(31)27-12-14-28(15-13-27)34(32,33)23-11-7-5-9-21(23)26/h4-11,18-19H,3,12-17H2,1-2H3/t18-,19+/m0/s1. The molecule has 2 saturated heterocycles. The van der Waals surface area contributed by atoms with E-state index in [2.05, 4.69) is 35.8 Å². The molecule has 2 aliphatic heterocycles. The number of sulfonamides is 1. The largest absolute Gasteiger partial charge is 0.340 e. The Bertz CT molecular complexity index is 1180. The number of nitrogens with zero attached hydrogens (tertiary/aromatic N) is 3. The highest BCUT2D eigenvalue weighted by Crippen LogP contribution is 2.34. The third kappa shape index (κ3) is 4.78. The van der Waals surface area contributed by atoms with E-state index >= 15 is 0 Å². The van der Waals surface area contributed by atoms with Crippen LogP contribution in [-0.2, 0) is 19.6 Å². The molecule has 0 aliphatic carbocycles. The Kier molecular flexibility index (Phi) is 7.45. The predicted molar refractivity (Wildman–Crippen MR) is 135 cm³/mol. The zero-order valence-electron chi connectivity index (χ0n) is 19.5. The number of halogens is 1. The molecule has 2 aromatic rings. The van der Waals surface area contributed by atoms with Gasteiger partial charge < -0.3 is 9.80 Å². The quantitative estimate of drug-likeness (QED) is 0.550. The van der Waals surface area contributed by atoms with Crippen LogP contribution in [0.4, 0.5) is 5.69 Å². The molecule has 0 unspecified atom stereocenters. The van der Waals surface area contributed by atoms with E-state index < -0.39 is 15.9 Å². The fourth-order valence-corrected chi connectivity index (χ4v) is 7.06. The normalized spacial score (nSPS) is 20.6. The van der Waals surface area contributed by atoms with Crippen LogP contribution in [0.1, 0.15) is 38.2 Å². The Hall–Kier alpha value is -2.23. The van der Waals surface area contributed by atoms with Crippen LogP contribution < -0.4 is 4.90 Å². The third-order valence-corrected chi connectivity index (χ3v) is 9.76. The topological polar surface area (TPSA) is 78.0 Å². The lowest BCUT2D eigenvalue weighted by Gasteiger charge is -2.35. The number of carbonyl (C=O) groups excluding carboxylic acids is 2. The van der Waals surface area contributed by atoms with Crippen LogP contribution in [-0.4, -0.2) is 62.2 Å². The van der Waals surface area contributed by atoms with Gasteiger partial charge in [0.1, 0.15) is 0 Å². The molecule has 0 radical (unpaired) electrons. The lowest BCUT2D eigenvalue weighted by atomic mass is 9.96. The highest BCUT2D eigenvalue weighted by atomic mass is 79.9. The second-order valence-electron chi connectivity index (χ2n) is 8.93. The first-order chi connectivity index (χ1) is 16.2. The lowest BCUT2D eigenvalue weighted by molar-refractivity contribution is -0.136. The van der Waals surface area contributed by atoms with E-state index in [0.29, 0.717) is 30.0 Å². The van der Waals surface area contributed by atoms with Crippen molar-refractivity contribution >= 4 is 43.5 Å². The van der Waals surface area contributed by atoms with Gasteiger partial charge >= 0.3 is 0 Å². The Morgan fingerprint density at radius 2 is 1.71 bits per heavy atom. The van der Waals surface area contributed by atoms with Gasteiger partial charge in [-0.15, -0.1) is 0 Å². The minimum atomic E-state index is -3.64. The Morgan fingerprint density at radius 3 is 2.38 bits per heavy atom. The maximum atomic E-state index is 13.2. The van der Waals surface area contributed by atoms with Crippen LogP contribution in [0, 0.1) is 5.92 Å². The van der Waals surface area contributed by atoms with Crippen molar-refractivity contribution in [3.8, 4) is 0 Å². The number of amides is 2. The number of anilines is 1. The molecule has 2 aliphatic rings. The highest BCUT2D eigenvalue weighted by molar-refractivity contribution is 9.10. The van der Waals surface area contributed by atoms with Crippen molar-refractivity contribution < 1.29 is 18.0 Å². The van der Waals surface area contributed by atoms with Crippen molar-refractivity contribution in [2.75, 3.05) is 37.6 Å². The summed E-state index contributed by atoms with van der Waals surface area (Å²) in [6.45, 7) is 5.72. The summed E-state index contributed by atoms with van der Waals surface area (Å²) in [6, 6.07) is 14.7. The fraction of sp³-hybridized carbons (Fsp3) is 0.440. The highest BCUT2D eigenvalue weighted by Gasteiger charge is 2.40. The number of piperazine rings is 1. The molecule has 0 N–H and O–H groups in total. The van der Waals surface area contributed by atoms with E-state index in [1.54, 1.807) is 34.1 Å². The van der Waals surface area contributed by atoms with Crippen molar-refractivity contribution in [3.05, 3.63) is 58.6 Å². The first kappa shape index (κ1) is 24.9. The molecule has 2 amide bonds. The predicted octanol–water partition coefficient (Wildman–Crippen LogP) is 3.85. The molecule has 9 heteroatoms. The van der Waals surface area contributed by atoms with Crippen molar-refractivity contribution in [2.45, 2.75) is 37.5 Å². The molecular formula is C25H30BrN3O4S. The maximum absolute atomic E-state index is 13.2. The summed E-state index contributed by atoms with van der Waals surface area (Å²) in [5.41, 5.74) is 2.01. The fourth-order valence-electron chi connectivity index (χ4n) is 4.68. The number of carbonyl (C=O) groups is 2. The molecule has 0 aromatic heterocycles. The summed E-state index contributed by atoms with van der Waals surface area (Å²) < 4.78 is 28.0. The molecule has 4 rings (SSSR count). The van der Waals surface area contributed by atoms with Crippen LogP contribution in [0.3, 0.4) is 0 Å². The Labute approximate surface area is 209 Å². The molecule has 0 saturated carbocycles. The van der Waals surface area contributed by atoms with Gasteiger partial charge in [0.15, 0.2) is 0 Å². The minimum Gasteiger partial charge on any atom is -0.340 e. The third-order valence-electron chi connectivity index (χ3n) is 6.85. The zero-order valence-corrected chi connectivity index (χ0v) is 21.9. The van der Waals surface area contributed by atoms with Gasteiger partial charge in [-0.3, -0.25) is 9.59 Å². The van der Waals surface area contributed by atoms with Crippen molar-refractivity contribution in [3.63, 3.8) is 0 Å². The van der Waals surface area contributed by atoms with E-state index in [9.17, 15) is 18.0 Å². The average Bonchev–Trinajstić information content (AvgIpc) is 3.24. The molecule has 2 aromatic carbocycles. The van der Waals surface area contributed by atoms with Crippen LogP contribution in [0.5, 0.6) is 0 Å². The summed E-state index contributed by atoms with van der Waals surface area (Å²) in [6.07, 6.45) is 1.15. The summed E-state index contributed by atoms with van der Waals surface area (Å²) in [7, 11) is -3.64. The van der Waals surface area contributed by atoms with Crippen molar-refractivity contribution in [1.29, 1.82) is 0 Å². The number of rotatable bonds is 6. The summed E-state index contributed by atoms with van der Waals surface area (Å²) in [5.74, 6) is -0.207. The number of hydrogen-bond donors (Lipinski definition) is 0. The van der Waals surface area contributed by atoms with Gasteiger partial charge in [-0.05, 0) is 52.0 Å². The zero-order chi connectivity index (χ0) is 24.5. The van der Waals surface area contributed by atoms with Crippen LogP contribution in [0.25, 0.3) is 0 Å². The number of para-hydroxylation sites is 1. The molecular weight excluding hydrogens is 518 g/mol. The van der Waals surface area contributed by atoms with E-state index in [1.165, 1.54) is 4.31 Å². The monoisotopic (exact) mass is 547 g/mol. The first-order valence-corrected chi connectivity index (χ1v) is 13.9. The summed E-state index contributed by atoms with van der Waals surface area (Å²) >= 11 is 3.32. The van der Waals surface area contributed by atoms with Crippen LogP contribution in [0.2, 0.25) is 0 Å². The van der Waals surface area contributed by atoms with Crippen LogP contribution in [0.15, 0.2) is 57.9 Å². The lowest BCUT2D eigenvalue weighted by Crippen LogP contribution is -2.52. The van der Waals surface area contributed by atoms with Gasteiger partial charge in [0.2, 0.25) is 21.8 Å². The van der Waals surface area contributed by atoms with Gasteiger partial charge in [0.05, 0.1) is 10.8 Å². The summed E-state index contributed by atoms with van der Waals surface area (Å²) in [4.78, 5) is 29.8. The Balaban J connectivity index is 1.42. The second kappa shape index (κ2) is 10.2. The van der Waals surface area contributed by atoms with E-state index in [4.69, 9.17) is 0 Å². The van der Waals surface area contributed by atoms with E-state index in [0.717, 1.165) is 17.7 Å². The molecule has 2 atom stereocenters. The molecule has 7 nitrogen and oxygen atoms in total. The summed E-state index contributed by atoms with van der Waals surface area (Å²) in [5, 5.41) is 0. The van der Waals surface area contributed by atoms with Gasteiger partial charge in [0, 0.05) is 49.3 Å². The van der Waals surface area contributed by atoms with E-state index in [1.807, 2.05) is 18.2 Å². The number of benzene rings is 2. The van der Waals surface area contributed by atoms with Gasteiger partial charge in [-0.25, -0.2) is 8.42 Å². The molecule has 2 heterocycles. The molecule has 2 fully saturated rings. The van der Waals surface area contributed by atoms with Gasteiger partial charge in [-0.2, -0.15) is 4.31 Å². The smallest absolute Gasteiger partial charge is 0.244 e. The molecule has 0 spiro atoms. The van der Waals surface area contributed by atoms with Crippen molar-refractivity contribution in [2.24, 2.45) is 5.92 Å². The SMILES string of the molecule is CC[C@H](C)c1ccccc1N1C[C@H](C(=O)N2CCN(S(=O)(=O)c3ccccc3Br)CC2)CC1=O.